The summed E-state index contributed by atoms with van der Waals surface area (Å²) in [7, 11) is 0. The Labute approximate surface area is 122 Å². The molecule has 2 saturated heterocycles. The SMILES string of the molecule is CC(C)(C)N1CC2CCC(C1)N2C(=O)CC(O)C(F)(F)F. The van der Waals surface area contributed by atoms with Crippen LogP contribution in [0.4, 0.5) is 13.2 Å². The third-order valence-corrected chi connectivity index (χ3v) is 4.46. The van der Waals surface area contributed by atoms with Gasteiger partial charge in [0.2, 0.25) is 5.91 Å². The molecule has 2 aliphatic rings. The van der Waals surface area contributed by atoms with Crippen molar-refractivity contribution in [3.8, 4) is 0 Å². The summed E-state index contributed by atoms with van der Waals surface area (Å²) in [5.41, 5.74) is -0.0124. The van der Waals surface area contributed by atoms with Crippen LogP contribution < -0.4 is 0 Å². The van der Waals surface area contributed by atoms with Crippen molar-refractivity contribution >= 4 is 5.91 Å². The fourth-order valence-electron chi connectivity index (χ4n) is 3.24. The molecule has 0 aromatic rings. The van der Waals surface area contributed by atoms with Crippen molar-refractivity contribution in [2.24, 2.45) is 0 Å². The number of nitrogens with zero attached hydrogens (tertiary/aromatic N) is 2. The van der Waals surface area contributed by atoms with Crippen LogP contribution in [0.25, 0.3) is 0 Å². The first-order valence-corrected chi connectivity index (χ1v) is 7.31. The Kier molecular flexibility index (Phi) is 4.28. The molecule has 122 valence electrons. The van der Waals surface area contributed by atoms with E-state index in [-0.39, 0.29) is 17.6 Å². The molecule has 0 aromatic carbocycles. The molecule has 0 radical (unpaired) electrons. The van der Waals surface area contributed by atoms with Crippen LogP contribution in [0.1, 0.15) is 40.0 Å². The van der Waals surface area contributed by atoms with Gasteiger partial charge >= 0.3 is 6.18 Å². The largest absolute Gasteiger partial charge is 0.414 e. The fraction of sp³-hybridized carbons (Fsp3) is 0.929. The molecular weight excluding hydrogens is 285 g/mol. The van der Waals surface area contributed by atoms with Gasteiger partial charge in [-0.3, -0.25) is 9.69 Å². The van der Waals surface area contributed by atoms with Gasteiger partial charge in [0.15, 0.2) is 6.10 Å². The predicted molar refractivity (Wildman–Crippen MR) is 71.7 cm³/mol. The lowest BCUT2D eigenvalue weighted by Gasteiger charge is -2.46. The molecular formula is C14H23F3N2O2. The van der Waals surface area contributed by atoms with E-state index in [0.29, 0.717) is 13.1 Å². The molecule has 3 atom stereocenters. The standard InChI is InChI=1S/C14H23F3N2O2/c1-13(2,3)18-7-9-4-5-10(8-18)19(9)12(21)6-11(20)14(15,16)17/h9-11,20H,4-8H2,1-3H3. The van der Waals surface area contributed by atoms with E-state index >= 15 is 0 Å². The monoisotopic (exact) mass is 308 g/mol. The minimum atomic E-state index is -4.73. The van der Waals surface area contributed by atoms with Crippen molar-refractivity contribution in [2.75, 3.05) is 13.1 Å². The van der Waals surface area contributed by atoms with Crippen LogP contribution in [-0.4, -0.2) is 63.8 Å². The summed E-state index contributed by atoms with van der Waals surface area (Å²) >= 11 is 0. The minimum Gasteiger partial charge on any atom is -0.383 e. The average Bonchev–Trinajstić information content (AvgIpc) is 2.57. The van der Waals surface area contributed by atoms with Crippen LogP contribution in [-0.2, 0) is 4.79 Å². The lowest BCUT2D eigenvalue weighted by molar-refractivity contribution is -0.208. The van der Waals surface area contributed by atoms with E-state index in [2.05, 4.69) is 25.7 Å². The highest BCUT2D eigenvalue weighted by Gasteiger charge is 2.47. The number of hydrogen-bond acceptors (Lipinski definition) is 3. The zero-order valence-corrected chi connectivity index (χ0v) is 12.7. The zero-order chi connectivity index (χ0) is 16.0. The number of carbonyl (C=O) groups excluding carboxylic acids is 1. The Balaban J connectivity index is 2.02. The summed E-state index contributed by atoms with van der Waals surface area (Å²) in [6.07, 6.45) is -6.52. The fourth-order valence-corrected chi connectivity index (χ4v) is 3.24. The molecule has 21 heavy (non-hydrogen) atoms. The van der Waals surface area contributed by atoms with Crippen LogP contribution in [0.15, 0.2) is 0 Å². The summed E-state index contributed by atoms with van der Waals surface area (Å²) in [6.45, 7) is 7.66. The summed E-state index contributed by atoms with van der Waals surface area (Å²) in [4.78, 5) is 16.0. The molecule has 2 rings (SSSR count). The minimum absolute atomic E-state index is 0.0124. The highest BCUT2D eigenvalue weighted by Crippen LogP contribution is 2.34. The number of likely N-dealkylation sites (tertiary alicyclic amines) is 1. The number of carbonyl (C=O) groups is 1. The number of aliphatic hydroxyl groups excluding tert-OH is 1. The number of fused-ring (bicyclic) bond motifs is 2. The molecule has 3 unspecified atom stereocenters. The average molecular weight is 308 g/mol. The molecule has 4 nitrogen and oxygen atoms in total. The van der Waals surface area contributed by atoms with Crippen molar-refractivity contribution in [3.05, 3.63) is 0 Å². The van der Waals surface area contributed by atoms with Gasteiger partial charge in [-0.05, 0) is 33.6 Å². The summed E-state index contributed by atoms with van der Waals surface area (Å²) < 4.78 is 37.1. The second kappa shape index (κ2) is 5.43. The topological polar surface area (TPSA) is 43.8 Å². The maximum atomic E-state index is 12.4. The second-order valence-electron chi connectivity index (χ2n) is 7.02. The van der Waals surface area contributed by atoms with E-state index in [1.807, 2.05) is 0 Å². The summed E-state index contributed by atoms with van der Waals surface area (Å²) in [5.74, 6) is -0.583. The first-order chi connectivity index (χ1) is 9.50. The maximum Gasteiger partial charge on any atom is 0.414 e. The van der Waals surface area contributed by atoms with Crippen molar-refractivity contribution in [3.63, 3.8) is 0 Å². The number of alkyl halides is 3. The van der Waals surface area contributed by atoms with Crippen molar-refractivity contribution < 1.29 is 23.1 Å². The molecule has 2 bridgehead atoms. The third-order valence-electron chi connectivity index (χ3n) is 4.46. The Morgan fingerprint density at radius 1 is 1.19 bits per heavy atom. The Bertz CT molecular complexity index is 392. The molecule has 0 saturated carbocycles. The van der Waals surface area contributed by atoms with Crippen molar-refractivity contribution in [2.45, 2.75) is 69.9 Å². The van der Waals surface area contributed by atoms with Crippen LogP contribution in [0.5, 0.6) is 0 Å². The normalized spacial score (nSPS) is 28.8. The Hall–Kier alpha value is -0.820. The van der Waals surface area contributed by atoms with Gasteiger partial charge in [0, 0.05) is 30.7 Å². The van der Waals surface area contributed by atoms with Gasteiger partial charge in [-0.25, -0.2) is 0 Å². The van der Waals surface area contributed by atoms with Gasteiger partial charge in [-0.15, -0.1) is 0 Å². The molecule has 1 N–H and O–H groups in total. The van der Waals surface area contributed by atoms with Crippen LogP contribution in [0.3, 0.4) is 0 Å². The van der Waals surface area contributed by atoms with Crippen LogP contribution in [0, 0.1) is 0 Å². The highest BCUT2D eigenvalue weighted by atomic mass is 19.4. The van der Waals surface area contributed by atoms with Gasteiger partial charge in [-0.1, -0.05) is 0 Å². The van der Waals surface area contributed by atoms with Gasteiger partial charge < -0.3 is 10.0 Å². The number of piperazine rings is 1. The van der Waals surface area contributed by atoms with Gasteiger partial charge in [0.1, 0.15) is 0 Å². The summed E-state index contributed by atoms with van der Waals surface area (Å²) in [5, 5.41) is 9.08. The zero-order valence-electron chi connectivity index (χ0n) is 12.7. The molecule has 0 spiro atoms. The molecule has 1 amide bonds. The Morgan fingerprint density at radius 2 is 1.67 bits per heavy atom. The first kappa shape index (κ1) is 16.5. The number of aliphatic hydroxyl groups is 1. The maximum absolute atomic E-state index is 12.4. The van der Waals surface area contributed by atoms with Crippen molar-refractivity contribution in [1.82, 2.24) is 9.80 Å². The van der Waals surface area contributed by atoms with Gasteiger partial charge in [0.25, 0.3) is 0 Å². The van der Waals surface area contributed by atoms with E-state index in [4.69, 9.17) is 5.11 Å². The van der Waals surface area contributed by atoms with E-state index < -0.39 is 24.6 Å². The van der Waals surface area contributed by atoms with E-state index in [1.165, 1.54) is 0 Å². The number of amides is 1. The number of hydrogen-bond donors (Lipinski definition) is 1. The predicted octanol–water partition coefficient (Wildman–Crippen LogP) is 1.77. The number of halogens is 3. The third kappa shape index (κ3) is 3.51. The van der Waals surface area contributed by atoms with E-state index in [0.717, 1.165) is 12.8 Å². The molecule has 2 aliphatic heterocycles. The van der Waals surface area contributed by atoms with Gasteiger partial charge in [0.05, 0.1) is 6.42 Å². The smallest absolute Gasteiger partial charge is 0.383 e. The molecule has 2 heterocycles. The lowest BCUT2D eigenvalue weighted by Crippen LogP contribution is -2.60. The molecule has 0 aliphatic carbocycles. The first-order valence-electron chi connectivity index (χ1n) is 7.31. The lowest BCUT2D eigenvalue weighted by atomic mass is 10.0. The quantitative estimate of drug-likeness (QED) is 0.845. The second-order valence-corrected chi connectivity index (χ2v) is 7.02. The summed E-state index contributed by atoms with van der Waals surface area (Å²) in [6, 6.07) is -0.0631. The highest BCUT2D eigenvalue weighted by molar-refractivity contribution is 5.78. The molecule has 0 aromatic heterocycles. The van der Waals surface area contributed by atoms with E-state index in [1.54, 1.807) is 4.90 Å². The van der Waals surface area contributed by atoms with Crippen molar-refractivity contribution in [1.29, 1.82) is 0 Å². The molecule has 2 fully saturated rings. The molecule has 7 heteroatoms. The number of rotatable bonds is 2. The van der Waals surface area contributed by atoms with E-state index in [9.17, 15) is 18.0 Å². The van der Waals surface area contributed by atoms with Crippen LogP contribution >= 0.6 is 0 Å². The van der Waals surface area contributed by atoms with Crippen LogP contribution in [0.2, 0.25) is 0 Å². The Morgan fingerprint density at radius 3 is 2.05 bits per heavy atom. The van der Waals surface area contributed by atoms with Gasteiger partial charge in [-0.2, -0.15) is 13.2 Å².